The molecule has 0 saturated carbocycles. The van der Waals surface area contributed by atoms with Crippen molar-refractivity contribution in [3.63, 3.8) is 0 Å². The summed E-state index contributed by atoms with van der Waals surface area (Å²) in [6.07, 6.45) is 5.19. The van der Waals surface area contributed by atoms with Gasteiger partial charge in [-0.05, 0) is 67.9 Å². The molecular formula is C21H22ClN3. The summed E-state index contributed by atoms with van der Waals surface area (Å²) in [4.78, 5) is 6.67. The Morgan fingerprint density at radius 2 is 2.08 bits per heavy atom. The largest absolute Gasteiger partial charge is 0.320 e. The molecule has 25 heavy (non-hydrogen) atoms. The Morgan fingerprint density at radius 3 is 2.88 bits per heavy atom. The molecule has 1 aliphatic heterocycles. The highest BCUT2D eigenvalue weighted by Gasteiger charge is 2.22. The van der Waals surface area contributed by atoms with Crippen molar-refractivity contribution in [2.24, 2.45) is 0 Å². The predicted octanol–water partition coefficient (Wildman–Crippen LogP) is 5.00. The van der Waals surface area contributed by atoms with Gasteiger partial charge in [0.2, 0.25) is 0 Å². The van der Waals surface area contributed by atoms with Crippen LogP contribution in [-0.2, 0) is 13.0 Å². The second kappa shape index (κ2) is 6.32. The van der Waals surface area contributed by atoms with Crippen molar-refractivity contribution in [2.45, 2.75) is 26.8 Å². The average molecular weight is 352 g/mol. The standard InChI is InChI=1S/C21H22ClN3/c1-14(16-6-8-23-15(2)10-16)12-25-20-5-4-17(22)11-18(20)19-13-24(3)9-7-21(19)25/h4-6,8,10-12H,7,9,13H2,1-3H3. The molecule has 2 aromatic heterocycles. The number of aromatic nitrogens is 2. The topological polar surface area (TPSA) is 21.1 Å². The molecule has 0 spiro atoms. The van der Waals surface area contributed by atoms with Gasteiger partial charge in [-0.15, -0.1) is 0 Å². The molecule has 3 aromatic rings. The maximum absolute atomic E-state index is 6.28. The van der Waals surface area contributed by atoms with Crippen molar-refractivity contribution in [3.05, 3.63) is 64.1 Å². The first-order valence-electron chi connectivity index (χ1n) is 8.64. The number of likely N-dealkylation sites (N-methyl/N-ethyl adjacent to an activating group) is 1. The minimum Gasteiger partial charge on any atom is -0.320 e. The zero-order valence-corrected chi connectivity index (χ0v) is 15.6. The Labute approximate surface area is 153 Å². The Bertz CT molecular complexity index is 984. The third-order valence-electron chi connectivity index (χ3n) is 5.02. The van der Waals surface area contributed by atoms with Crippen LogP contribution in [0.1, 0.15) is 29.4 Å². The molecule has 0 amide bonds. The van der Waals surface area contributed by atoms with Gasteiger partial charge >= 0.3 is 0 Å². The summed E-state index contributed by atoms with van der Waals surface area (Å²) >= 11 is 6.28. The molecule has 3 heterocycles. The lowest BCUT2D eigenvalue weighted by atomic mass is 10.1. The molecule has 0 saturated heterocycles. The second-order valence-corrected chi connectivity index (χ2v) is 7.38. The maximum Gasteiger partial charge on any atom is 0.0529 e. The van der Waals surface area contributed by atoms with Gasteiger partial charge in [0.1, 0.15) is 0 Å². The van der Waals surface area contributed by atoms with Gasteiger partial charge < -0.3 is 9.47 Å². The normalized spacial score (nSPS) is 15.6. The lowest BCUT2D eigenvalue weighted by molar-refractivity contribution is 0.312. The van der Waals surface area contributed by atoms with E-state index in [1.807, 2.05) is 19.2 Å². The van der Waals surface area contributed by atoms with Crippen molar-refractivity contribution in [3.8, 4) is 0 Å². The summed E-state index contributed by atoms with van der Waals surface area (Å²) < 4.78 is 2.36. The zero-order valence-electron chi connectivity index (χ0n) is 14.9. The number of halogens is 1. The van der Waals surface area contributed by atoms with Crippen LogP contribution in [-0.4, -0.2) is 28.0 Å². The van der Waals surface area contributed by atoms with E-state index in [0.717, 1.165) is 30.2 Å². The summed E-state index contributed by atoms with van der Waals surface area (Å²) in [5.41, 5.74) is 7.53. The minimum absolute atomic E-state index is 0.797. The summed E-state index contributed by atoms with van der Waals surface area (Å²) in [5, 5.41) is 2.06. The lowest BCUT2D eigenvalue weighted by Gasteiger charge is -2.23. The first-order valence-corrected chi connectivity index (χ1v) is 9.02. The molecule has 0 aliphatic carbocycles. The molecule has 3 nitrogen and oxygen atoms in total. The van der Waals surface area contributed by atoms with E-state index in [9.17, 15) is 0 Å². The number of hydrogen-bond acceptors (Lipinski definition) is 2. The minimum atomic E-state index is 0.797. The van der Waals surface area contributed by atoms with Crippen LogP contribution in [0.5, 0.6) is 0 Å². The highest BCUT2D eigenvalue weighted by Crippen LogP contribution is 2.33. The van der Waals surface area contributed by atoms with Crippen LogP contribution in [0.3, 0.4) is 0 Å². The van der Waals surface area contributed by atoms with Gasteiger partial charge in [0.25, 0.3) is 0 Å². The maximum atomic E-state index is 6.28. The van der Waals surface area contributed by atoms with Gasteiger partial charge in [0.05, 0.1) is 5.52 Å². The number of allylic oxidation sites excluding steroid dienone is 1. The van der Waals surface area contributed by atoms with Crippen molar-refractivity contribution >= 4 is 34.3 Å². The van der Waals surface area contributed by atoms with Crippen LogP contribution in [0, 0.1) is 6.92 Å². The fraction of sp³-hybridized carbons (Fsp3) is 0.286. The van der Waals surface area contributed by atoms with Gasteiger partial charge in [-0.25, -0.2) is 0 Å². The molecular weight excluding hydrogens is 330 g/mol. The molecule has 0 atom stereocenters. The monoisotopic (exact) mass is 351 g/mol. The van der Waals surface area contributed by atoms with E-state index in [2.05, 4.69) is 58.9 Å². The quantitative estimate of drug-likeness (QED) is 0.647. The van der Waals surface area contributed by atoms with E-state index in [0.29, 0.717) is 0 Å². The molecule has 0 unspecified atom stereocenters. The fourth-order valence-corrected chi connectivity index (χ4v) is 3.88. The van der Waals surface area contributed by atoms with Crippen molar-refractivity contribution < 1.29 is 0 Å². The fourth-order valence-electron chi connectivity index (χ4n) is 3.71. The van der Waals surface area contributed by atoms with Crippen molar-refractivity contribution in [2.75, 3.05) is 13.6 Å². The Morgan fingerprint density at radius 1 is 1.24 bits per heavy atom. The highest BCUT2D eigenvalue weighted by molar-refractivity contribution is 6.31. The third kappa shape index (κ3) is 2.99. The van der Waals surface area contributed by atoms with Crippen LogP contribution < -0.4 is 0 Å². The molecule has 4 rings (SSSR count). The molecule has 1 aromatic carbocycles. The molecule has 0 fully saturated rings. The highest BCUT2D eigenvalue weighted by atomic mass is 35.5. The van der Waals surface area contributed by atoms with Gasteiger partial charge in [0, 0.05) is 53.7 Å². The van der Waals surface area contributed by atoms with E-state index in [4.69, 9.17) is 11.6 Å². The Hall–Kier alpha value is -2.10. The van der Waals surface area contributed by atoms with E-state index < -0.39 is 0 Å². The van der Waals surface area contributed by atoms with Gasteiger partial charge in [-0.2, -0.15) is 0 Å². The van der Waals surface area contributed by atoms with Gasteiger partial charge in [-0.3, -0.25) is 4.98 Å². The average Bonchev–Trinajstić information content (AvgIpc) is 2.87. The van der Waals surface area contributed by atoms with Crippen LogP contribution in [0.2, 0.25) is 5.02 Å². The number of aryl methyl sites for hydroxylation is 1. The smallest absolute Gasteiger partial charge is 0.0529 e. The summed E-state index contributed by atoms with van der Waals surface area (Å²) in [6.45, 7) is 6.25. The second-order valence-electron chi connectivity index (χ2n) is 6.94. The Kier molecular flexibility index (Phi) is 4.14. The number of benzene rings is 1. The first-order chi connectivity index (χ1) is 12.0. The van der Waals surface area contributed by atoms with Crippen molar-refractivity contribution in [1.82, 2.24) is 14.5 Å². The predicted molar refractivity (Wildman–Crippen MR) is 106 cm³/mol. The third-order valence-corrected chi connectivity index (χ3v) is 5.25. The van der Waals surface area contributed by atoms with E-state index in [1.54, 1.807) is 0 Å². The van der Waals surface area contributed by atoms with E-state index >= 15 is 0 Å². The van der Waals surface area contributed by atoms with Crippen LogP contribution in [0.25, 0.3) is 22.7 Å². The summed E-state index contributed by atoms with van der Waals surface area (Å²) in [5.74, 6) is 0. The van der Waals surface area contributed by atoms with E-state index in [-0.39, 0.29) is 0 Å². The van der Waals surface area contributed by atoms with E-state index in [1.165, 1.54) is 33.3 Å². The number of pyridine rings is 1. The molecule has 1 aliphatic rings. The SMILES string of the molecule is CC(=Cn1c2c(c3cc(Cl)ccc31)CN(C)CC2)c1ccnc(C)c1. The Balaban J connectivity index is 1.91. The number of fused-ring (bicyclic) bond motifs is 3. The molecule has 4 heteroatoms. The van der Waals surface area contributed by atoms with Crippen molar-refractivity contribution in [1.29, 1.82) is 0 Å². The van der Waals surface area contributed by atoms with Crippen LogP contribution >= 0.6 is 11.6 Å². The first kappa shape index (κ1) is 16.4. The lowest BCUT2D eigenvalue weighted by Crippen LogP contribution is -2.26. The number of rotatable bonds is 2. The van der Waals surface area contributed by atoms with Crippen LogP contribution in [0.4, 0.5) is 0 Å². The summed E-state index contributed by atoms with van der Waals surface area (Å²) in [6, 6.07) is 10.4. The van der Waals surface area contributed by atoms with Crippen LogP contribution in [0.15, 0.2) is 36.5 Å². The summed E-state index contributed by atoms with van der Waals surface area (Å²) in [7, 11) is 2.18. The molecule has 0 N–H and O–H groups in total. The molecule has 128 valence electrons. The van der Waals surface area contributed by atoms with Gasteiger partial charge in [0.15, 0.2) is 0 Å². The zero-order chi connectivity index (χ0) is 17.6. The molecule has 0 radical (unpaired) electrons. The van der Waals surface area contributed by atoms with Gasteiger partial charge in [-0.1, -0.05) is 11.6 Å². The number of nitrogens with zero attached hydrogens (tertiary/aromatic N) is 3. The number of hydrogen-bond donors (Lipinski definition) is 0. The molecule has 0 bridgehead atoms.